The maximum absolute atomic E-state index is 13.8. The molecule has 38 heavy (non-hydrogen) atoms. The Labute approximate surface area is 226 Å². The number of halogens is 1. The fourth-order valence-electron chi connectivity index (χ4n) is 3.67. The maximum Gasteiger partial charge on any atom is 0.295 e. The van der Waals surface area contributed by atoms with E-state index in [4.69, 9.17) is 9.52 Å². The summed E-state index contributed by atoms with van der Waals surface area (Å²) in [5.41, 5.74) is 2.75. The number of nitro groups is 1. The lowest BCUT2D eigenvalue weighted by Gasteiger charge is -2.36. The highest BCUT2D eigenvalue weighted by molar-refractivity contribution is 7.13. The normalized spacial score (nSPS) is 12.1. The Morgan fingerprint density at radius 3 is 2.66 bits per heavy atom. The number of nitrogens with zero attached hydrogens (tertiary/aromatic N) is 5. The van der Waals surface area contributed by atoms with Crippen molar-refractivity contribution in [3.63, 3.8) is 0 Å². The Morgan fingerprint density at radius 1 is 1.24 bits per heavy atom. The van der Waals surface area contributed by atoms with E-state index in [9.17, 15) is 14.5 Å². The quantitative estimate of drug-likeness (QED) is 0.134. The van der Waals surface area contributed by atoms with Crippen LogP contribution in [0.3, 0.4) is 0 Å². The predicted molar refractivity (Wildman–Crippen MR) is 150 cm³/mol. The third-order valence-corrected chi connectivity index (χ3v) is 12.1. The summed E-state index contributed by atoms with van der Waals surface area (Å²) in [6.45, 7) is 13.2. The van der Waals surface area contributed by atoms with Gasteiger partial charge in [-0.2, -0.15) is 5.10 Å². The molecule has 200 valence electrons. The van der Waals surface area contributed by atoms with Gasteiger partial charge in [0.05, 0.1) is 16.7 Å². The van der Waals surface area contributed by atoms with Crippen molar-refractivity contribution in [3.05, 3.63) is 75.3 Å². The first kappa shape index (κ1) is 27.5. The van der Waals surface area contributed by atoms with Crippen LogP contribution in [0.2, 0.25) is 18.1 Å². The molecule has 0 saturated carbocycles. The van der Waals surface area contributed by atoms with Crippen LogP contribution >= 0.6 is 11.3 Å². The molecule has 12 heteroatoms. The first-order chi connectivity index (χ1) is 17.9. The molecule has 1 N–H and O–H groups in total. The summed E-state index contributed by atoms with van der Waals surface area (Å²) in [6, 6.07) is 7.24. The fraction of sp³-hybridized carbons (Fsp3) is 0.346. The van der Waals surface area contributed by atoms with Crippen molar-refractivity contribution < 1.29 is 13.7 Å². The standard InChI is InChI=1S/C26H31FN6O3SSi/c1-17-15-22(32-12-9-21(31-32)25-28-11-14-37-25)19(10-13-36-38(5,6)26(2,3)4)24(29-17)30-20-8-7-18(27)16-23(20)33(34)35/h7-9,11-12,14-16H,10,13H2,1-6H3,(H,29,30). The van der Waals surface area contributed by atoms with Crippen LogP contribution < -0.4 is 5.32 Å². The van der Waals surface area contributed by atoms with E-state index in [1.165, 1.54) is 23.5 Å². The van der Waals surface area contributed by atoms with Gasteiger partial charge >= 0.3 is 0 Å². The molecule has 1 aromatic carbocycles. The lowest BCUT2D eigenvalue weighted by Crippen LogP contribution is -2.41. The number of nitro benzene ring substituents is 1. The molecule has 0 saturated heterocycles. The second-order valence-corrected chi connectivity index (χ2v) is 16.2. The fourth-order valence-corrected chi connectivity index (χ4v) is 5.32. The molecule has 0 aliphatic heterocycles. The van der Waals surface area contributed by atoms with Crippen molar-refractivity contribution in [1.29, 1.82) is 0 Å². The van der Waals surface area contributed by atoms with Crippen LogP contribution in [-0.2, 0) is 10.8 Å². The number of hydrogen-bond donors (Lipinski definition) is 1. The van der Waals surface area contributed by atoms with Crippen molar-refractivity contribution in [2.75, 3.05) is 11.9 Å². The lowest BCUT2D eigenvalue weighted by atomic mass is 10.1. The van der Waals surface area contributed by atoms with Crippen LogP contribution in [0.4, 0.5) is 21.6 Å². The van der Waals surface area contributed by atoms with E-state index in [-0.39, 0.29) is 16.4 Å². The molecule has 9 nitrogen and oxygen atoms in total. The van der Waals surface area contributed by atoms with Gasteiger partial charge in [0.25, 0.3) is 5.69 Å². The van der Waals surface area contributed by atoms with Gasteiger partial charge in [0, 0.05) is 42.1 Å². The molecule has 0 aliphatic rings. The molecule has 0 radical (unpaired) electrons. The summed E-state index contributed by atoms with van der Waals surface area (Å²) in [4.78, 5) is 20.0. The molecule has 4 aromatic rings. The van der Waals surface area contributed by atoms with Crippen LogP contribution in [0.15, 0.2) is 48.1 Å². The summed E-state index contributed by atoms with van der Waals surface area (Å²) in [6.07, 6.45) is 4.07. The zero-order valence-corrected chi connectivity index (χ0v) is 24.1. The third kappa shape index (κ3) is 5.98. The minimum Gasteiger partial charge on any atom is -0.416 e. The molecule has 0 atom stereocenters. The van der Waals surface area contributed by atoms with Crippen molar-refractivity contribution in [2.45, 2.75) is 52.2 Å². The van der Waals surface area contributed by atoms with Gasteiger partial charge in [-0.05, 0) is 49.3 Å². The highest BCUT2D eigenvalue weighted by Gasteiger charge is 2.37. The maximum atomic E-state index is 13.8. The Morgan fingerprint density at radius 2 is 2.00 bits per heavy atom. The summed E-state index contributed by atoms with van der Waals surface area (Å²) >= 11 is 1.50. The molecule has 0 fully saturated rings. The summed E-state index contributed by atoms with van der Waals surface area (Å²) in [5, 5.41) is 22.2. The Kier molecular flexibility index (Phi) is 7.77. The molecule has 0 aliphatic carbocycles. The average molecular weight is 555 g/mol. The number of hydrogen-bond acceptors (Lipinski definition) is 8. The van der Waals surface area contributed by atoms with Crippen LogP contribution in [0, 0.1) is 22.9 Å². The van der Waals surface area contributed by atoms with E-state index in [1.54, 1.807) is 10.9 Å². The first-order valence-corrected chi connectivity index (χ1v) is 16.0. The minimum absolute atomic E-state index is 0.0434. The third-order valence-electron chi connectivity index (χ3n) is 6.75. The second kappa shape index (κ2) is 10.7. The molecular formula is C26H31FN6O3SSi. The zero-order valence-electron chi connectivity index (χ0n) is 22.3. The minimum atomic E-state index is -2.02. The van der Waals surface area contributed by atoms with E-state index >= 15 is 0 Å². The van der Waals surface area contributed by atoms with E-state index in [1.807, 2.05) is 30.6 Å². The largest absolute Gasteiger partial charge is 0.416 e. The zero-order chi connectivity index (χ0) is 27.7. The number of nitrogens with one attached hydrogen (secondary N) is 1. The smallest absolute Gasteiger partial charge is 0.295 e. The molecular weight excluding hydrogens is 523 g/mol. The van der Waals surface area contributed by atoms with Gasteiger partial charge in [0.1, 0.15) is 28.0 Å². The predicted octanol–water partition coefficient (Wildman–Crippen LogP) is 7.05. The van der Waals surface area contributed by atoms with E-state index in [0.717, 1.165) is 28.0 Å². The van der Waals surface area contributed by atoms with Gasteiger partial charge in [-0.25, -0.2) is 19.0 Å². The van der Waals surface area contributed by atoms with E-state index in [0.29, 0.717) is 24.5 Å². The van der Waals surface area contributed by atoms with Gasteiger partial charge in [-0.15, -0.1) is 11.3 Å². The molecule has 3 heterocycles. The number of pyridine rings is 1. The molecule has 0 bridgehead atoms. The van der Waals surface area contributed by atoms with Crippen LogP contribution in [0.1, 0.15) is 32.0 Å². The topological polar surface area (TPSA) is 108 Å². The molecule has 4 rings (SSSR count). The molecule has 0 unspecified atom stereocenters. The average Bonchev–Trinajstić information content (AvgIpc) is 3.52. The van der Waals surface area contributed by atoms with Crippen LogP contribution in [0.5, 0.6) is 0 Å². The number of benzene rings is 1. The highest BCUT2D eigenvalue weighted by Crippen LogP contribution is 2.37. The highest BCUT2D eigenvalue weighted by atomic mass is 32.1. The van der Waals surface area contributed by atoms with Crippen LogP contribution in [0.25, 0.3) is 16.4 Å². The van der Waals surface area contributed by atoms with Gasteiger partial charge in [0.15, 0.2) is 8.32 Å². The number of thiazole rings is 1. The Balaban J connectivity index is 1.77. The number of rotatable bonds is 9. The Bertz CT molecular complexity index is 1450. The Hall–Kier alpha value is -3.48. The number of aromatic nitrogens is 4. The molecule has 0 spiro atoms. The summed E-state index contributed by atoms with van der Waals surface area (Å²) in [7, 11) is -2.02. The van der Waals surface area contributed by atoms with Gasteiger partial charge in [-0.1, -0.05) is 20.8 Å². The van der Waals surface area contributed by atoms with Crippen molar-refractivity contribution in [2.24, 2.45) is 0 Å². The van der Waals surface area contributed by atoms with Gasteiger partial charge in [0.2, 0.25) is 0 Å². The van der Waals surface area contributed by atoms with Crippen molar-refractivity contribution >= 4 is 36.8 Å². The molecule has 3 aromatic heterocycles. The summed E-state index contributed by atoms with van der Waals surface area (Å²) in [5.74, 6) is -0.255. The number of aryl methyl sites for hydroxylation is 1. The van der Waals surface area contributed by atoms with Gasteiger partial charge in [-0.3, -0.25) is 10.1 Å². The van der Waals surface area contributed by atoms with Crippen LogP contribution in [-0.4, -0.2) is 39.6 Å². The monoisotopic (exact) mass is 554 g/mol. The summed E-state index contributed by atoms with van der Waals surface area (Å²) < 4.78 is 22.0. The lowest BCUT2D eigenvalue weighted by molar-refractivity contribution is -0.384. The van der Waals surface area contributed by atoms with Crippen molar-refractivity contribution in [3.8, 4) is 16.4 Å². The van der Waals surface area contributed by atoms with E-state index < -0.39 is 19.1 Å². The SMILES string of the molecule is Cc1cc(-n2ccc(-c3nccs3)n2)c(CCO[Si](C)(C)C(C)(C)C)c(Nc2ccc(F)cc2[N+](=O)[O-])n1. The van der Waals surface area contributed by atoms with Crippen molar-refractivity contribution in [1.82, 2.24) is 19.7 Å². The van der Waals surface area contributed by atoms with Gasteiger partial charge < -0.3 is 9.74 Å². The second-order valence-electron chi connectivity index (χ2n) is 10.5. The number of anilines is 2. The first-order valence-electron chi connectivity index (χ1n) is 12.2. The van der Waals surface area contributed by atoms with E-state index in [2.05, 4.69) is 49.1 Å². The molecule has 0 amide bonds.